The van der Waals surface area contributed by atoms with Crippen molar-refractivity contribution < 1.29 is 4.79 Å². The summed E-state index contributed by atoms with van der Waals surface area (Å²) in [6, 6.07) is 0. The molecule has 1 aromatic heterocycles. The molecule has 1 rings (SSSR count). The molecule has 17 heavy (non-hydrogen) atoms. The summed E-state index contributed by atoms with van der Waals surface area (Å²) in [4.78, 5) is 17.4. The third-order valence-electron chi connectivity index (χ3n) is 2.62. The van der Waals surface area contributed by atoms with E-state index in [0.717, 1.165) is 17.1 Å². The van der Waals surface area contributed by atoms with E-state index in [0.29, 0.717) is 13.0 Å². The minimum atomic E-state index is -0.407. The predicted molar refractivity (Wildman–Crippen MR) is 71.0 cm³/mol. The number of amides is 1. The molecule has 0 atom stereocenters. The zero-order valence-electron chi connectivity index (χ0n) is 11.0. The normalized spacial score (nSPS) is 11.6. The zero-order chi connectivity index (χ0) is 13.1. The summed E-state index contributed by atoms with van der Waals surface area (Å²) < 4.78 is 0. The molecule has 1 heterocycles. The van der Waals surface area contributed by atoms with E-state index in [9.17, 15) is 4.79 Å². The quantitative estimate of drug-likeness (QED) is 0.843. The van der Waals surface area contributed by atoms with E-state index in [1.165, 1.54) is 4.88 Å². The Morgan fingerprint density at radius 3 is 2.59 bits per heavy atom. The van der Waals surface area contributed by atoms with Crippen LogP contribution in [0, 0.1) is 13.8 Å². The van der Waals surface area contributed by atoms with Gasteiger partial charge in [-0.2, -0.15) is 0 Å². The highest BCUT2D eigenvalue weighted by atomic mass is 32.1. The van der Waals surface area contributed by atoms with Crippen LogP contribution in [0.15, 0.2) is 0 Å². The molecule has 0 bridgehead atoms. The predicted octanol–water partition coefficient (Wildman–Crippen LogP) is 1.85. The van der Waals surface area contributed by atoms with Gasteiger partial charge in [0, 0.05) is 11.3 Å². The zero-order valence-corrected chi connectivity index (χ0v) is 11.8. The molecule has 5 heteroatoms. The van der Waals surface area contributed by atoms with Crippen LogP contribution in [0.2, 0.25) is 0 Å². The van der Waals surface area contributed by atoms with Crippen LogP contribution in [0.1, 0.15) is 42.3 Å². The van der Waals surface area contributed by atoms with Crippen LogP contribution in [0.3, 0.4) is 0 Å². The van der Waals surface area contributed by atoms with Crippen LogP contribution in [0.4, 0.5) is 0 Å². The van der Waals surface area contributed by atoms with Gasteiger partial charge in [-0.05, 0) is 40.7 Å². The Balaban J connectivity index is 2.70. The number of rotatable bonds is 5. The molecular weight excluding hydrogens is 234 g/mol. The maximum absolute atomic E-state index is 11.7. The second kappa shape index (κ2) is 5.60. The van der Waals surface area contributed by atoms with Crippen LogP contribution in [-0.4, -0.2) is 17.4 Å². The Bertz CT molecular complexity index is 379. The first-order valence-corrected chi connectivity index (χ1v) is 6.64. The highest BCUT2D eigenvalue weighted by Gasteiger charge is 2.26. The standard InChI is InChI=1S/C12H21N3OS/c1-8-9(2)17-11(14-8)12(3,4)15-10(16)6-5-7-13/h5-7,13H2,1-4H3,(H,15,16). The van der Waals surface area contributed by atoms with Gasteiger partial charge in [-0.25, -0.2) is 4.98 Å². The molecule has 0 spiro atoms. The smallest absolute Gasteiger partial charge is 0.220 e. The number of hydrogen-bond acceptors (Lipinski definition) is 4. The summed E-state index contributed by atoms with van der Waals surface area (Å²) in [6.07, 6.45) is 1.20. The molecular formula is C12H21N3OS. The molecule has 96 valence electrons. The lowest BCUT2D eigenvalue weighted by molar-refractivity contribution is -0.122. The highest BCUT2D eigenvalue weighted by molar-refractivity contribution is 7.11. The average Bonchev–Trinajstić information content (AvgIpc) is 2.56. The highest BCUT2D eigenvalue weighted by Crippen LogP contribution is 2.27. The molecule has 0 saturated carbocycles. The lowest BCUT2D eigenvalue weighted by Crippen LogP contribution is -2.41. The van der Waals surface area contributed by atoms with Gasteiger partial charge in [-0.1, -0.05) is 0 Å². The van der Waals surface area contributed by atoms with Crippen molar-refractivity contribution in [2.24, 2.45) is 5.73 Å². The third kappa shape index (κ3) is 3.78. The van der Waals surface area contributed by atoms with Crippen LogP contribution >= 0.6 is 11.3 Å². The summed E-state index contributed by atoms with van der Waals surface area (Å²) >= 11 is 1.64. The molecule has 0 aliphatic carbocycles. The Morgan fingerprint density at radius 1 is 1.47 bits per heavy atom. The largest absolute Gasteiger partial charge is 0.345 e. The van der Waals surface area contributed by atoms with Crippen molar-refractivity contribution in [1.29, 1.82) is 0 Å². The number of aromatic nitrogens is 1. The maximum Gasteiger partial charge on any atom is 0.220 e. The lowest BCUT2D eigenvalue weighted by Gasteiger charge is -2.23. The van der Waals surface area contributed by atoms with E-state index >= 15 is 0 Å². The number of thiazole rings is 1. The van der Waals surface area contributed by atoms with Crippen molar-refractivity contribution in [3.63, 3.8) is 0 Å². The summed E-state index contributed by atoms with van der Waals surface area (Å²) in [5.74, 6) is 0.0333. The van der Waals surface area contributed by atoms with Gasteiger partial charge >= 0.3 is 0 Å². The summed E-state index contributed by atoms with van der Waals surface area (Å²) in [5.41, 5.74) is 6.01. The summed E-state index contributed by atoms with van der Waals surface area (Å²) in [7, 11) is 0. The number of nitrogens with zero attached hydrogens (tertiary/aromatic N) is 1. The topological polar surface area (TPSA) is 68.0 Å². The molecule has 0 aromatic carbocycles. The van der Waals surface area contributed by atoms with Gasteiger partial charge in [0.05, 0.1) is 11.2 Å². The van der Waals surface area contributed by atoms with Gasteiger partial charge in [0.2, 0.25) is 5.91 Å². The number of nitrogens with two attached hydrogens (primary N) is 1. The number of carbonyl (C=O) groups is 1. The molecule has 1 amide bonds. The first-order chi connectivity index (χ1) is 7.86. The lowest BCUT2D eigenvalue weighted by atomic mass is 10.1. The molecule has 4 nitrogen and oxygen atoms in total. The number of aryl methyl sites for hydroxylation is 2. The van der Waals surface area contributed by atoms with E-state index in [1.54, 1.807) is 11.3 Å². The Hall–Kier alpha value is -0.940. The Morgan fingerprint density at radius 2 is 2.12 bits per heavy atom. The maximum atomic E-state index is 11.7. The van der Waals surface area contributed by atoms with Crippen molar-refractivity contribution in [2.45, 2.75) is 46.1 Å². The van der Waals surface area contributed by atoms with E-state index in [-0.39, 0.29) is 5.91 Å². The van der Waals surface area contributed by atoms with Gasteiger partial charge in [0.1, 0.15) is 5.01 Å². The van der Waals surface area contributed by atoms with E-state index in [4.69, 9.17) is 5.73 Å². The molecule has 0 saturated heterocycles. The van der Waals surface area contributed by atoms with E-state index in [2.05, 4.69) is 10.3 Å². The van der Waals surface area contributed by atoms with Crippen LogP contribution in [0.25, 0.3) is 0 Å². The minimum absolute atomic E-state index is 0.0333. The van der Waals surface area contributed by atoms with E-state index in [1.807, 2.05) is 27.7 Å². The fourth-order valence-corrected chi connectivity index (χ4v) is 2.44. The van der Waals surface area contributed by atoms with Crippen LogP contribution < -0.4 is 11.1 Å². The molecule has 0 radical (unpaired) electrons. The molecule has 0 aliphatic rings. The van der Waals surface area contributed by atoms with Crippen LogP contribution in [0.5, 0.6) is 0 Å². The summed E-state index contributed by atoms with van der Waals surface area (Å²) in [6.45, 7) is 8.53. The van der Waals surface area contributed by atoms with Crippen molar-refractivity contribution in [3.8, 4) is 0 Å². The first-order valence-electron chi connectivity index (χ1n) is 5.82. The van der Waals surface area contributed by atoms with Gasteiger partial charge in [-0.3, -0.25) is 4.79 Å². The molecule has 1 aromatic rings. The Labute approximate surface area is 107 Å². The third-order valence-corrected chi connectivity index (χ3v) is 4.02. The number of hydrogen-bond donors (Lipinski definition) is 2. The van der Waals surface area contributed by atoms with Crippen molar-refractivity contribution in [3.05, 3.63) is 15.6 Å². The molecule has 0 aliphatic heterocycles. The second-order valence-electron chi connectivity index (χ2n) is 4.73. The van der Waals surface area contributed by atoms with Gasteiger partial charge in [0.15, 0.2) is 0 Å². The summed E-state index contributed by atoms with van der Waals surface area (Å²) in [5, 5.41) is 3.95. The molecule has 0 unspecified atom stereocenters. The molecule has 0 fully saturated rings. The van der Waals surface area contributed by atoms with Crippen molar-refractivity contribution >= 4 is 17.2 Å². The number of carbonyl (C=O) groups excluding carboxylic acids is 1. The SMILES string of the molecule is Cc1nc(C(C)(C)NC(=O)CCCN)sc1C. The number of nitrogens with one attached hydrogen (secondary N) is 1. The fourth-order valence-electron chi connectivity index (χ4n) is 1.47. The van der Waals surface area contributed by atoms with Gasteiger partial charge in [0.25, 0.3) is 0 Å². The van der Waals surface area contributed by atoms with Gasteiger partial charge in [-0.15, -0.1) is 11.3 Å². The van der Waals surface area contributed by atoms with E-state index < -0.39 is 5.54 Å². The van der Waals surface area contributed by atoms with Crippen molar-refractivity contribution in [2.75, 3.05) is 6.54 Å². The second-order valence-corrected chi connectivity index (χ2v) is 5.93. The fraction of sp³-hybridized carbons (Fsp3) is 0.667. The van der Waals surface area contributed by atoms with Crippen LogP contribution in [-0.2, 0) is 10.3 Å². The van der Waals surface area contributed by atoms with Crippen molar-refractivity contribution in [1.82, 2.24) is 10.3 Å². The average molecular weight is 255 g/mol. The first kappa shape index (κ1) is 14.1. The molecule has 3 N–H and O–H groups in total. The minimum Gasteiger partial charge on any atom is -0.345 e. The monoisotopic (exact) mass is 255 g/mol. The van der Waals surface area contributed by atoms with Gasteiger partial charge < -0.3 is 11.1 Å². The Kier molecular flexibility index (Phi) is 4.65.